The lowest BCUT2D eigenvalue weighted by Crippen LogP contribution is -2.35. The quantitative estimate of drug-likeness (QED) is 0.724. The highest BCUT2D eigenvalue weighted by molar-refractivity contribution is 6.07. The first-order chi connectivity index (χ1) is 12.6. The fourth-order valence-electron chi connectivity index (χ4n) is 3.39. The van der Waals surface area contributed by atoms with Crippen molar-refractivity contribution in [1.82, 2.24) is 9.97 Å². The highest BCUT2D eigenvalue weighted by Crippen LogP contribution is 2.33. The lowest BCUT2D eigenvalue weighted by molar-refractivity contribution is 0.0981. The van der Waals surface area contributed by atoms with Crippen molar-refractivity contribution >= 4 is 23.2 Å². The molecule has 1 atom stereocenters. The summed E-state index contributed by atoms with van der Waals surface area (Å²) in [5.41, 5.74) is 3.68. The minimum absolute atomic E-state index is 0.0589. The molecule has 1 aliphatic rings. The molecule has 0 saturated heterocycles. The van der Waals surface area contributed by atoms with Gasteiger partial charge in [-0.15, -0.1) is 0 Å². The van der Waals surface area contributed by atoms with E-state index in [9.17, 15) is 4.79 Å². The first-order valence-electron chi connectivity index (χ1n) is 8.67. The van der Waals surface area contributed by atoms with Crippen LogP contribution in [0.4, 0.5) is 17.3 Å². The molecule has 0 spiro atoms. The number of para-hydroxylation sites is 2. The van der Waals surface area contributed by atoms with Crippen LogP contribution in [0.1, 0.15) is 22.8 Å². The maximum atomic E-state index is 13.0. The molecule has 0 fully saturated rings. The number of hydrogen-bond donors (Lipinski definition) is 0. The minimum Gasteiger partial charge on any atom is -0.314 e. The van der Waals surface area contributed by atoms with Crippen LogP contribution in [0, 0.1) is 0 Å². The zero-order valence-electron chi connectivity index (χ0n) is 14.8. The van der Waals surface area contributed by atoms with E-state index < -0.39 is 0 Å². The highest BCUT2D eigenvalue weighted by atomic mass is 16.2. The summed E-state index contributed by atoms with van der Waals surface area (Å²) in [5, 5.41) is 0. The van der Waals surface area contributed by atoms with E-state index in [2.05, 4.69) is 23.0 Å². The van der Waals surface area contributed by atoms with E-state index in [-0.39, 0.29) is 11.9 Å². The van der Waals surface area contributed by atoms with E-state index in [0.29, 0.717) is 11.5 Å². The molecule has 5 nitrogen and oxygen atoms in total. The zero-order chi connectivity index (χ0) is 18.1. The van der Waals surface area contributed by atoms with Crippen LogP contribution in [-0.4, -0.2) is 29.0 Å². The molecule has 2 aromatic carbocycles. The van der Waals surface area contributed by atoms with E-state index in [1.54, 1.807) is 12.4 Å². The van der Waals surface area contributed by atoms with Gasteiger partial charge in [-0.25, -0.2) is 9.97 Å². The lowest BCUT2D eigenvalue weighted by Gasteiger charge is -2.23. The molecule has 1 aromatic heterocycles. The van der Waals surface area contributed by atoms with Gasteiger partial charge in [0, 0.05) is 36.9 Å². The topological polar surface area (TPSA) is 49.3 Å². The number of fused-ring (bicyclic) bond motifs is 1. The summed E-state index contributed by atoms with van der Waals surface area (Å²) < 4.78 is 0. The number of benzene rings is 2. The van der Waals surface area contributed by atoms with Crippen molar-refractivity contribution in [2.75, 3.05) is 16.8 Å². The van der Waals surface area contributed by atoms with Crippen molar-refractivity contribution in [1.29, 1.82) is 0 Å². The molecule has 26 heavy (non-hydrogen) atoms. The van der Waals surface area contributed by atoms with E-state index in [1.807, 2.05) is 65.4 Å². The molecule has 4 rings (SSSR count). The van der Waals surface area contributed by atoms with Crippen LogP contribution in [0.25, 0.3) is 0 Å². The van der Waals surface area contributed by atoms with Gasteiger partial charge in [0.05, 0.1) is 5.56 Å². The molecule has 2 heterocycles. The van der Waals surface area contributed by atoms with Gasteiger partial charge in [0.15, 0.2) is 0 Å². The minimum atomic E-state index is -0.0589. The van der Waals surface area contributed by atoms with Gasteiger partial charge >= 0.3 is 0 Å². The Morgan fingerprint density at radius 2 is 1.69 bits per heavy atom. The van der Waals surface area contributed by atoms with E-state index >= 15 is 0 Å². The Balaban J connectivity index is 1.58. The predicted molar refractivity (Wildman–Crippen MR) is 103 cm³/mol. The first kappa shape index (κ1) is 16.3. The summed E-state index contributed by atoms with van der Waals surface area (Å²) in [6.45, 7) is 2.07. The van der Waals surface area contributed by atoms with E-state index in [1.165, 1.54) is 5.56 Å². The van der Waals surface area contributed by atoms with Crippen LogP contribution in [0.2, 0.25) is 0 Å². The maximum absolute atomic E-state index is 13.0. The number of nitrogens with zero attached hydrogens (tertiary/aromatic N) is 4. The van der Waals surface area contributed by atoms with Crippen molar-refractivity contribution in [2.24, 2.45) is 0 Å². The number of hydrogen-bond acceptors (Lipinski definition) is 4. The van der Waals surface area contributed by atoms with Crippen LogP contribution < -0.4 is 9.80 Å². The number of carbonyl (C=O) groups is 1. The fourth-order valence-corrected chi connectivity index (χ4v) is 3.39. The molecule has 1 amide bonds. The average molecular weight is 344 g/mol. The van der Waals surface area contributed by atoms with E-state index in [0.717, 1.165) is 17.8 Å². The molecule has 1 aliphatic heterocycles. The molecule has 0 bridgehead atoms. The van der Waals surface area contributed by atoms with Crippen molar-refractivity contribution in [2.45, 2.75) is 19.4 Å². The van der Waals surface area contributed by atoms with Crippen LogP contribution in [-0.2, 0) is 6.42 Å². The summed E-state index contributed by atoms with van der Waals surface area (Å²) >= 11 is 0. The Morgan fingerprint density at radius 1 is 1.04 bits per heavy atom. The molecule has 0 aliphatic carbocycles. The third-order valence-electron chi connectivity index (χ3n) is 4.75. The van der Waals surface area contributed by atoms with Crippen molar-refractivity contribution in [3.05, 3.63) is 78.1 Å². The third-order valence-corrected chi connectivity index (χ3v) is 4.75. The summed E-state index contributed by atoms with van der Waals surface area (Å²) in [6, 6.07) is 18.1. The van der Waals surface area contributed by atoms with Crippen molar-refractivity contribution < 1.29 is 4.79 Å². The molecule has 3 aromatic rings. The summed E-state index contributed by atoms with van der Waals surface area (Å²) in [4.78, 5) is 25.5. The molecule has 0 saturated carbocycles. The van der Waals surface area contributed by atoms with Crippen molar-refractivity contribution in [3.63, 3.8) is 0 Å². The third kappa shape index (κ3) is 2.81. The Hall–Kier alpha value is -3.21. The SMILES string of the molecule is CC1Cc2ccccc2N1C(=O)c1cnc(N(C)c2ccccc2)nc1. The molecule has 5 heteroatoms. The van der Waals surface area contributed by atoms with Crippen LogP contribution in [0.5, 0.6) is 0 Å². The summed E-state index contributed by atoms with van der Waals surface area (Å²) in [5.74, 6) is 0.499. The van der Waals surface area contributed by atoms with Gasteiger partial charge in [0.25, 0.3) is 5.91 Å². The van der Waals surface area contributed by atoms with Gasteiger partial charge in [-0.1, -0.05) is 36.4 Å². The molecular formula is C21H20N4O. The maximum Gasteiger partial charge on any atom is 0.261 e. The second-order valence-electron chi connectivity index (χ2n) is 6.52. The second-order valence-corrected chi connectivity index (χ2v) is 6.52. The predicted octanol–water partition coefficient (Wildman–Crippen LogP) is 3.84. The Labute approximate surface area is 152 Å². The average Bonchev–Trinajstić information content (AvgIpc) is 3.03. The smallest absolute Gasteiger partial charge is 0.261 e. The van der Waals surface area contributed by atoms with Crippen molar-refractivity contribution in [3.8, 4) is 0 Å². The van der Waals surface area contributed by atoms with Gasteiger partial charge in [0.1, 0.15) is 0 Å². The van der Waals surface area contributed by atoms with E-state index in [4.69, 9.17) is 0 Å². The van der Waals surface area contributed by atoms with Gasteiger partial charge in [0.2, 0.25) is 5.95 Å². The highest BCUT2D eigenvalue weighted by Gasteiger charge is 2.31. The van der Waals surface area contributed by atoms with Crippen LogP contribution in [0.3, 0.4) is 0 Å². The fraction of sp³-hybridized carbons (Fsp3) is 0.190. The van der Waals surface area contributed by atoms with Crippen LogP contribution >= 0.6 is 0 Å². The zero-order valence-corrected chi connectivity index (χ0v) is 14.8. The van der Waals surface area contributed by atoms with Gasteiger partial charge in [-0.3, -0.25) is 4.79 Å². The monoisotopic (exact) mass is 344 g/mol. The Bertz CT molecular complexity index is 924. The molecule has 1 unspecified atom stereocenters. The van der Waals surface area contributed by atoms with Gasteiger partial charge in [-0.2, -0.15) is 0 Å². The Morgan fingerprint density at radius 3 is 2.42 bits per heavy atom. The Kier molecular flexibility index (Phi) is 4.13. The molecular weight excluding hydrogens is 324 g/mol. The largest absolute Gasteiger partial charge is 0.314 e. The number of carbonyl (C=O) groups excluding carboxylic acids is 1. The van der Waals surface area contributed by atoms with Gasteiger partial charge in [-0.05, 0) is 37.1 Å². The standard InChI is InChI=1S/C21H20N4O/c1-15-12-16-8-6-7-11-19(16)25(15)20(26)17-13-22-21(23-14-17)24(2)18-9-4-3-5-10-18/h3-11,13-15H,12H2,1-2H3. The lowest BCUT2D eigenvalue weighted by atomic mass is 10.1. The molecule has 0 radical (unpaired) electrons. The summed E-state index contributed by atoms with van der Waals surface area (Å²) in [6.07, 6.45) is 4.09. The summed E-state index contributed by atoms with van der Waals surface area (Å²) in [7, 11) is 1.91. The molecule has 130 valence electrons. The number of rotatable bonds is 3. The van der Waals surface area contributed by atoms with Crippen LogP contribution in [0.15, 0.2) is 67.0 Å². The van der Waals surface area contributed by atoms with Gasteiger partial charge < -0.3 is 9.80 Å². The number of aromatic nitrogens is 2. The number of amides is 1. The number of anilines is 3. The normalized spacial score (nSPS) is 15.6. The first-order valence-corrected chi connectivity index (χ1v) is 8.67. The molecule has 0 N–H and O–H groups in total. The second kappa shape index (κ2) is 6.59.